The van der Waals surface area contributed by atoms with Gasteiger partial charge in [0.1, 0.15) is 0 Å². The molecule has 1 radical (unpaired) electrons. The van der Waals surface area contributed by atoms with E-state index in [4.69, 9.17) is 9.47 Å². The highest BCUT2D eigenvalue weighted by molar-refractivity contribution is 4.64. The van der Waals surface area contributed by atoms with E-state index in [2.05, 4.69) is 12.0 Å². The van der Waals surface area contributed by atoms with Gasteiger partial charge in [-0.2, -0.15) is 0 Å². The second-order valence-electron chi connectivity index (χ2n) is 4.34. The summed E-state index contributed by atoms with van der Waals surface area (Å²) in [6.45, 7) is 5.83. The average molecular weight is 230 g/mol. The molecule has 0 bridgehead atoms. The fraction of sp³-hybridized carbons (Fsp3) is 0.917. The van der Waals surface area contributed by atoms with Gasteiger partial charge in [-0.1, -0.05) is 0 Å². The van der Waals surface area contributed by atoms with Gasteiger partial charge in [0.25, 0.3) is 0 Å². The number of morpholine rings is 1. The molecule has 1 aliphatic rings. The van der Waals surface area contributed by atoms with E-state index >= 15 is 0 Å². The second-order valence-corrected chi connectivity index (χ2v) is 4.34. The molecule has 1 N–H and O–H groups in total. The normalized spacial score (nSPS) is 19.9. The van der Waals surface area contributed by atoms with E-state index in [0.717, 1.165) is 52.1 Å². The van der Waals surface area contributed by atoms with E-state index in [1.54, 1.807) is 0 Å². The van der Waals surface area contributed by atoms with Gasteiger partial charge in [-0.05, 0) is 31.7 Å². The van der Waals surface area contributed by atoms with Gasteiger partial charge in [0.2, 0.25) is 0 Å². The first-order valence-corrected chi connectivity index (χ1v) is 6.14. The summed E-state index contributed by atoms with van der Waals surface area (Å²) in [4.78, 5) is 2.43. The Kier molecular flexibility index (Phi) is 7.76. The summed E-state index contributed by atoms with van der Waals surface area (Å²) < 4.78 is 10.1. The van der Waals surface area contributed by atoms with Crippen LogP contribution < -0.4 is 0 Å². The van der Waals surface area contributed by atoms with Gasteiger partial charge in [-0.3, -0.25) is 4.90 Å². The largest absolute Gasteiger partial charge is 0.396 e. The summed E-state index contributed by atoms with van der Waals surface area (Å²) in [5, 5.41) is 9.18. The van der Waals surface area contributed by atoms with Crippen LogP contribution in [0.3, 0.4) is 0 Å². The molecule has 0 aliphatic carbocycles. The highest BCUT2D eigenvalue weighted by Gasteiger charge is 2.11. The molecule has 0 saturated carbocycles. The van der Waals surface area contributed by atoms with Gasteiger partial charge >= 0.3 is 0 Å². The Bertz CT molecular complexity index is 160. The number of rotatable bonds is 8. The number of aliphatic hydroxyl groups is 1. The van der Waals surface area contributed by atoms with Crippen molar-refractivity contribution in [2.24, 2.45) is 5.92 Å². The molecule has 95 valence electrons. The van der Waals surface area contributed by atoms with E-state index in [1.807, 2.05) is 0 Å². The lowest BCUT2D eigenvalue weighted by Gasteiger charge is -2.27. The van der Waals surface area contributed by atoms with Crippen molar-refractivity contribution in [3.63, 3.8) is 0 Å². The highest BCUT2D eigenvalue weighted by Crippen LogP contribution is 2.11. The molecule has 0 spiro atoms. The molecule has 0 aromatic carbocycles. The standard InChI is InChI=1S/C12H24NO3/c1-15-8-4-12(11-14)3-2-5-13-6-9-16-10-7-13/h12,14H,1-11H2/t12-/m0/s1. The predicted octanol–water partition coefficient (Wildman–Crippen LogP) is 0.906. The summed E-state index contributed by atoms with van der Waals surface area (Å²) in [6, 6.07) is 0. The van der Waals surface area contributed by atoms with Crippen LogP contribution in [0.25, 0.3) is 0 Å². The van der Waals surface area contributed by atoms with Crippen molar-refractivity contribution in [1.29, 1.82) is 0 Å². The third-order valence-electron chi connectivity index (χ3n) is 3.12. The SMILES string of the molecule is [CH2]OCC[C@@H](CO)CCCN1CCOCC1. The van der Waals surface area contributed by atoms with Gasteiger partial charge in [0.15, 0.2) is 0 Å². The van der Waals surface area contributed by atoms with E-state index in [9.17, 15) is 5.11 Å². The first kappa shape index (κ1) is 13.9. The number of nitrogens with zero attached hydrogens (tertiary/aromatic N) is 1. The molecular weight excluding hydrogens is 206 g/mol. The zero-order chi connectivity index (χ0) is 11.6. The van der Waals surface area contributed by atoms with E-state index in [-0.39, 0.29) is 6.61 Å². The van der Waals surface area contributed by atoms with E-state index in [1.165, 1.54) is 0 Å². The van der Waals surface area contributed by atoms with Crippen molar-refractivity contribution >= 4 is 0 Å². The molecule has 0 aromatic heterocycles. The van der Waals surface area contributed by atoms with Crippen LogP contribution in [-0.4, -0.2) is 56.1 Å². The lowest BCUT2D eigenvalue weighted by molar-refractivity contribution is 0.0360. The summed E-state index contributed by atoms with van der Waals surface area (Å²) in [5.74, 6) is 0.364. The van der Waals surface area contributed by atoms with Crippen LogP contribution in [0.4, 0.5) is 0 Å². The number of ether oxygens (including phenoxy) is 2. The summed E-state index contributed by atoms with van der Waals surface area (Å²) in [7, 11) is 3.34. The van der Waals surface area contributed by atoms with Crippen molar-refractivity contribution in [3.05, 3.63) is 7.11 Å². The van der Waals surface area contributed by atoms with Crippen molar-refractivity contribution in [2.75, 3.05) is 46.1 Å². The quantitative estimate of drug-likeness (QED) is 0.673. The minimum absolute atomic E-state index is 0.256. The van der Waals surface area contributed by atoms with Crippen LogP contribution in [0.2, 0.25) is 0 Å². The van der Waals surface area contributed by atoms with Crippen LogP contribution in [0.5, 0.6) is 0 Å². The number of aliphatic hydroxyl groups excluding tert-OH is 1. The number of hydrogen-bond acceptors (Lipinski definition) is 4. The maximum atomic E-state index is 9.18. The van der Waals surface area contributed by atoms with Crippen molar-refractivity contribution < 1.29 is 14.6 Å². The second kappa shape index (κ2) is 8.93. The van der Waals surface area contributed by atoms with Crippen LogP contribution in [0.1, 0.15) is 19.3 Å². The Labute approximate surface area is 98.5 Å². The molecule has 1 rings (SSSR count). The monoisotopic (exact) mass is 230 g/mol. The molecule has 1 heterocycles. The fourth-order valence-electron chi connectivity index (χ4n) is 2.01. The molecule has 1 fully saturated rings. The molecule has 4 heteroatoms. The van der Waals surface area contributed by atoms with E-state index < -0.39 is 0 Å². The molecule has 0 unspecified atom stereocenters. The van der Waals surface area contributed by atoms with Crippen LogP contribution in [0.15, 0.2) is 0 Å². The molecule has 1 atom stereocenters. The zero-order valence-corrected chi connectivity index (χ0v) is 10.1. The first-order valence-electron chi connectivity index (χ1n) is 6.14. The maximum absolute atomic E-state index is 9.18. The Hall–Kier alpha value is -0.160. The fourth-order valence-corrected chi connectivity index (χ4v) is 2.01. The predicted molar refractivity (Wildman–Crippen MR) is 63.0 cm³/mol. The lowest BCUT2D eigenvalue weighted by atomic mass is 10.0. The minimum atomic E-state index is 0.256. The maximum Gasteiger partial charge on any atom is 0.0700 e. The molecular formula is C12H24NO3. The van der Waals surface area contributed by atoms with Crippen LogP contribution >= 0.6 is 0 Å². The Balaban J connectivity index is 2.02. The average Bonchev–Trinajstić information content (AvgIpc) is 2.35. The topological polar surface area (TPSA) is 41.9 Å². The molecule has 1 aliphatic heterocycles. The zero-order valence-electron chi connectivity index (χ0n) is 10.1. The molecule has 4 nitrogen and oxygen atoms in total. The lowest BCUT2D eigenvalue weighted by Crippen LogP contribution is -2.37. The Morgan fingerprint density at radius 1 is 1.31 bits per heavy atom. The van der Waals surface area contributed by atoms with Gasteiger partial charge < -0.3 is 14.6 Å². The first-order chi connectivity index (χ1) is 7.86. The van der Waals surface area contributed by atoms with Gasteiger partial charge in [0, 0.05) is 26.3 Å². The molecule has 0 aromatic rings. The molecule has 1 saturated heterocycles. The van der Waals surface area contributed by atoms with Crippen LogP contribution in [0, 0.1) is 13.0 Å². The highest BCUT2D eigenvalue weighted by atomic mass is 16.5. The summed E-state index contributed by atoms with van der Waals surface area (Å²) in [6.07, 6.45) is 3.11. The van der Waals surface area contributed by atoms with Gasteiger partial charge in [-0.25, -0.2) is 0 Å². The van der Waals surface area contributed by atoms with Crippen molar-refractivity contribution in [2.45, 2.75) is 19.3 Å². The Morgan fingerprint density at radius 2 is 2.06 bits per heavy atom. The third kappa shape index (κ3) is 5.80. The minimum Gasteiger partial charge on any atom is -0.396 e. The third-order valence-corrected chi connectivity index (χ3v) is 3.12. The van der Waals surface area contributed by atoms with Gasteiger partial charge in [-0.15, -0.1) is 0 Å². The summed E-state index contributed by atoms with van der Waals surface area (Å²) >= 11 is 0. The van der Waals surface area contributed by atoms with E-state index in [0.29, 0.717) is 12.5 Å². The van der Waals surface area contributed by atoms with Crippen molar-refractivity contribution in [1.82, 2.24) is 4.90 Å². The van der Waals surface area contributed by atoms with Gasteiger partial charge in [0.05, 0.1) is 20.3 Å². The van der Waals surface area contributed by atoms with Crippen LogP contribution in [-0.2, 0) is 9.47 Å². The smallest absolute Gasteiger partial charge is 0.0700 e. The Morgan fingerprint density at radius 3 is 2.69 bits per heavy atom. The summed E-state index contributed by atoms with van der Waals surface area (Å²) in [5.41, 5.74) is 0. The molecule has 16 heavy (non-hydrogen) atoms. The molecule has 0 amide bonds. The number of hydrogen-bond donors (Lipinski definition) is 1. The van der Waals surface area contributed by atoms with Crippen molar-refractivity contribution in [3.8, 4) is 0 Å².